The molecule has 0 aliphatic heterocycles. The minimum Gasteiger partial charge on any atom is -0.466 e. The molecule has 1 unspecified atom stereocenters. The van der Waals surface area contributed by atoms with E-state index in [1.807, 2.05) is 4.90 Å². The van der Waals surface area contributed by atoms with Crippen molar-refractivity contribution < 1.29 is 19.7 Å². The summed E-state index contributed by atoms with van der Waals surface area (Å²) < 4.78 is 4.87. The second kappa shape index (κ2) is 8.64. The van der Waals surface area contributed by atoms with E-state index in [0.717, 1.165) is 0 Å². The molecule has 0 saturated heterocycles. The fourth-order valence-corrected chi connectivity index (χ4v) is 1.32. The molecule has 0 aliphatic carbocycles. The van der Waals surface area contributed by atoms with Crippen molar-refractivity contribution in [3.63, 3.8) is 0 Å². The van der Waals surface area contributed by atoms with Crippen LogP contribution in [0.15, 0.2) is 0 Å². The zero-order valence-corrected chi connectivity index (χ0v) is 9.48. The Morgan fingerprint density at radius 3 is 2.27 bits per heavy atom. The van der Waals surface area contributed by atoms with E-state index in [-0.39, 0.29) is 25.1 Å². The maximum absolute atomic E-state index is 11.3. The first-order chi connectivity index (χ1) is 7.15. The van der Waals surface area contributed by atoms with E-state index >= 15 is 0 Å². The number of hydrogen-bond acceptors (Lipinski definition) is 5. The third kappa shape index (κ3) is 6.43. The average molecular weight is 219 g/mol. The van der Waals surface area contributed by atoms with Crippen LogP contribution in [0.3, 0.4) is 0 Å². The van der Waals surface area contributed by atoms with Crippen LogP contribution in [-0.2, 0) is 9.53 Å². The lowest BCUT2D eigenvalue weighted by atomic mass is 10.1. The van der Waals surface area contributed by atoms with Crippen molar-refractivity contribution in [2.75, 3.05) is 39.5 Å². The van der Waals surface area contributed by atoms with E-state index in [9.17, 15) is 4.79 Å². The molecule has 1 atom stereocenters. The van der Waals surface area contributed by atoms with Gasteiger partial charge in [-0.25, -0.2) is 0 Å². The Morgan fingerprint density at radius 1 is 1.33 bits per heavy atom. The van der Waals surface area contributed by atoms with Crippen molar-refractivity contribution in [1.82, 2.24) is 4.90 Å². The van der Waals surface area contributed by atoms with Gasteiger partial charge in [0.1, 0.15) is 0 Å². The molecule has 5 heteroatoms. The first-order valence-corrected chi connectivity index (χ1v) is 5.26. The molecule has 0 bridgehead atoms. The Balaban J connectivity index is 3.96. The standard InChI is InChI=1S/C10H21NO4/c1-3-15-10(14)9(2)8-11(4-6-12)5-7-13/h9,12-13H,3-8H2,1-2H3. The number of aliphatic hydroxyl groups is 2. The fourth-order valence-electron chi connectivity index (χ4n) is 1.32. The highest BCUT2D eigenvalue weighted by Gasteiger charge is 2.17. The molecule has 0 spiro atoms. The molecule has 5 nitrogen and oxygen atoms in total. The zero-order valence-electron chi connectivity index (χ0n) is 9.48. The van der Waals surface area contributed by atoms with Gasteiger partial charge in [-0.2, -0.15) is 0 Å². The lowest BCUT2D eigenvalue weighted by molar-refractivity contribution is -0.148. The van der Waals surface area contributed by atoms with Gasteiger partial charge >= 0.3 is 5.97 Å². The van der Waals surface area contributed by atoms with Crippen molar-refractivity contribution in [3.05, 3.63) is 0 Å². The minimum absolute atomic E-state index is 0.0234. The molecule has 0 heterocycles. The molecule has 0 amide bonds. The molecule has 0 aromatic heterocycles. The number of nitrogens with zero attached hydrogens (tertiary/aromatic N) is 1. The van der Waals surface area contributed by atoms with Crippen molar-refractivity contribution >= 4 is 5.97 Å². The highest BCUT2D eigenvalue weighted by Crippen LogP contribution is 2.02. The second-order valence-corrected chi connectivity index (χ2v) is 3.40. The van der Waals surface area contributed by atoms with Gasteiger partial charge in [-0.1, -0.05) is 6.92 Å². The normalized spacial score (nSPS) is 12.9. The maximum Gasteiger partial charge on any atom is 0.309 e. The SMILES string of the molecule is CCOC(=O)C(C)CN(CCO)CCO. The summed E-state index contributed by atoms with van der Waals surface area (Å²) in [7, 11) is 0. The van der Waals surface area contributed by atoms with E-state index in [4.69, 9.17) is 14.9 Å². The Hall–Kier alpha value is -0.650. The second-order valence-electron chi connectivity index (χ2n) is 3.40. The number of carbonyl (C=O) groups is 1. The van der Waals surface area contributed by atoms with Crippen LogP contribution in [-0.4, -0.2) is 60.5 Å². The van der Waals surface area contributed by atoms with Crippen molar-refractivity contribution in [3.8, 4) is 0 Å². The van der Waals surface area contributed by atoms with Gasteiger partial charge in [0.2, 0.25) is 0 Å². The van der Waals surface area contributed by atoms with Crippen molar-refractivity contribution in [2.24, 2.45) is 5.92 Å². The Labute approximate surface area is 90.6 Å². The number of ether oxygens (including phenoxy) is 1. The van der Waals surface area contributed by atoms with Crippen LogP contribution in [0.1, 0.15) is 13.8 Å². The number of carbonyl (C=O) groups excluding carboxylic acids is 1. The number of esters is 1. The summed E-state index contributed by atoms with van der Waals surface area (Å²) in [5.74, 6) is -0.471. The van der Waals surface area contributed by atoms with Crippen LogP contribution in [0.25, 0.3) is 0 Å². The van der Waals surface area contributed by atoms with Crippen LogP contribution in [0, 0.1) is 5.92 Å². The van der Waals surface area contributed by atoms with Gasteiger partial charge in [0.25, 0.3) is 0 Å². The zero-order chi connectivity index (χ0) is 11.7. The highest BCUT2D eigenvalue weighted by atomic mass is 16.5. The Bertz CT molecular complexity index is 169. The number of aliphatic hydroxyl groups excluding tert-OH is 2. The van der Waals surface area contributed by atoms with Gasteiger partial charge in [-0.3, -0.25) is 9.69 Å². The van der Waals surface area contributed by atoms with E-state index in [2.05, 4.69) is 0 Å². The van der Waals surface area contributed by atoms with Gasteiger partial charge in [0.05, 0.1) is 25.7 Å². The van der Waals surface area contributed by atoms with Crippen molar-refractivity contribution in [1.29, 1.82) is 0 Å². The Morgan fingerprint density at radius 2 is 1.87 bits per heavy atom. The third-order valence-corrected chi connectivity index (χ3v) is 2.05. The van der Waals surface area contributed by atoms with E-state index in [1.165, 1.54) is 0 Å². The van der Waals surface area contributed by atoms with Gasteiger partial charge in [-0.15, -0.1) is 0 Å². The van der Waals surface area contributed by atoms with Crippen LogP contribution in [0.4, 0.5) is 0 Å². The quantitative estimate of drug-likeness (QED) is 0.537. The van der Waals surface area contributed by atoms with Gasteiger partial charge in [0, 0.05) is 19.6 Å². The molecule has 2 N–H and O–H groups in total. The molecule has 0 saturated carbocycles. The summed E-state index contributed by atoms with van der Waals surface area (Å²) in [6.07, 6.45) is 0. The van der Waals surface area contributed by atoms with Crippen LogP contribution >= 0.6 is 0 Å². The van der Waals surface area contributed by atoms with Gasteiger partial charge in [0.15, 0.2) is 0 Å². The Kier molecular flexibility index (Phi) is 8.27. The molecule has 0 fully saturated rings. The monoisotopic (exact) mass is 219 g/mol. The molecule has 15 heavy (non-hydrogen) atoms. The average Bonchev–Trinajstić information content (AvgIpc) is 2.18. The smallest absolute Gasteiger partial charge is 0.309 e. The molecular weight excluding hydrogens is 198 g/mol. The third-order valence-electron chi connectivity index (χ3n) is 2.05. The first-order valence-electron chi connectivity index (χ1n) is 5.26. The summed E-state index contributed by atoms with van der Waals surface area (Å²) in [6, 6.07) is 0. The predicted octanol–water partition coefficient (Wildman–Crippen LogP) is -0.528. The largest absolute Gasteiger partial charge is 0.466 e. The number of hydrogen-bond donors (Lipinski definition) is 2. The lowest BCUT2D eigenvalue weighted by Crippen LogP contribution is -2.36. The maximum atomic E-state index is 11.3. The van der Waals surface area contributed by atoms with Crippen LogP contribution in [0.2, 0.25) is 0 Å². The molecular formula is C10H21NO4. The summed E-state index contributed by atoms with van der Waals surface area (Å²) in [6.45, 7) is 5.40. The topological polar surface area (TPSA) is 70.0 Å². The summed E-state index contributed by atoms with van der Waals surface area (Å²) in [4.78, 5) is 13.1. The van der Waals surface area contributed by atoms with E-state index in [1.54, 1.807) is 13.8 Å². The van der Waals surface area contributed by atoms with E-state index < -0.39 is 0 Å². The van der Waals surface area contributed by atoms with Crippen LogP contribution < -0.4 is 0 Å². The molecule has 0 aliphatic rings. The summed E-state index contributed by atoms with van der Waals surface area (Å²) >= 11 is 0. The van der Waals surface area contributed by atoms with Crippen molar-refractivity contribution in [2.45, 2.75) is 13.8 Å². The van der Waals surface area contributed by atoms with E-state index in [0.29, 0.717) is 26.2 Å². The van der Waals surface area contributed by atoms with Crippen LogP contribution in [0.5, 0.6) is 0 Å². The lowest BCUT2D eigenvalue weighted by Gasteiger charge is -2.22. The van der Waals surface area contributed by atoms with Gasteiger partial charge < -0.3 is 14.9 Å². The number of rotatable bonds is 8. The molecule has 0 rings (SSSR count). The fraction of sp³-hybridized carbons (Fsp3) is 0.900. The molecule has 90 valence electrons. The van der Waals surface area contributed by atoms with Gasteiger partial charge in [-0.05, 0) is 6.92 Å². The molecule has 0 radical (unpaired) electrons. The first kappa shape index (κ1) is 14.3. The highest BCUT2D eigenvalue weighted by molar-refractivity contribution is 5.72. The molecule has 0 aromatic carbocycles. The summed E-state index contributed by atoms with van der Waals surface area (Å²) in [5.41, 5.74) is 0. The minimum atomic E-state index is -0.238. The molecule has 0 aromatic rings. The predicted molar refractivity (Wildman–Crippen MR) is 56.4 cm³/mol. The summed E-state index contributed by atoms with van der Waals surface area (Å²) in [5, 5.41) is 17.6.